The number of urea groups is 1. The van der Waals surface area contributed by atoms with Gasteiger partial charge in [0, 0.05) is 19.0 Å². The number of hydrogen-bond acceptors (Lipinski definition) is 5. The van der Waals surface area contributed by atoms with Crippen molar-refractivity contribution in [1.29, 1.82) is 0 Å². The fourth-order valence-corrected chi connectivity index (χ4v) is 3.69. The van der Waals surface area contributed by atoms with Crippen molar-refractivity contribution in [2.24, 2.45) is 0 Å². The molecule has 2 fully saturated rings. The second-order valence-corrected chi connectivity index (χ2v) is 7.56. The fourth-order valence-electron chi connectivity index (χ4n) is 2.75. The second-order valence-electron chi connectivity index (χ2n) is 6.26. The molecule has 0 spiro atoms. The maximum atomic E-state index is 12.5. The van der Waals surface area contributed by atoms with Gasteiger partial charge in [0.2, 0.25) is 5.91 Å². The van der Waals surface area contributed by atoms with Crippen LogP contribution in [0.3, 0.4) is 0 Å². The molecule has 2 aliphatic rings. The maximum Gasteiger partial charge on any atom is 0.324 e. The van der Waals surface area contributed by atoms with E-state index in [0.717, 1.165) is 24.4 Å². The lowest BCUT2D eigenvalue weighted by Crippen LogP contribution is -2.39. The second kappa shape index (κ2) is 6.51. The van der Waals surface area contributed by atoms with Gasteiger partial charge in [-0.15, -0.1) is 5.10 Å². The molecule has 1 saturated carbocycles. The number of aromatic nitrogens is 3. The van der Waals surface area contributed by atoms with Gasteiger partial charge in [-0.25, -0.2) is 14.5 Å². The third kappa shape index (κ3) is 3.26. The van der Waals surface area contributed by atoms with Gasteiger partial charge in [-0.3, -0.25) is 9.69 Å². The van der Waals surface area contributed by atoms with Crippen molar-refractivity contribution < 1.29 is 9.59 Å². The van der Waals surface area contributed by atoms with Gasteiger partial charge in [-0.05, 0) is 31.9 Å². The van der Waals surface area contributed by atoms with Crippen LogP contribution >= 0.6 is 11.8 Å². The highest BCUT2D eigenvalue weighted by Crippen LogP contribution is 2.39. The zero-order chi connectivity index (χ0) is 17.4. The summed E-state index contributed by atoms with van der Waals surface area (Å²) in [5.74, 6) is 1.07. The molecule has 130 valence electrons. The van der Waals surface area contributed by atoms with Crippen molar-refractivity contribution in [3.8, 4) is 5.69 Å². The SMILES string of the molecule is C[C@@H](Sc1nc(C2CC2)nn1-c1ccccc1)C(=O)N1CCNC1=O. The van der Waals surface area contributed by atoms with Crippen LogP contribution in [0.15, 0.2) is 35.5 Å². The molecule has 1 aliphatic carbocycles. The summed E-state index contributed by atoms with van der Waals surface area (Å²) in [5.41, 5.74) is 0.919. The highest BCUT2D eigenvalue weighted by Gasteiger charge is 2.33. The standard InChI is InChI=1S/C17H19N5O2S/c1-11(15(23)21-10-9-18-16(21)24)25-17-19-14(12-7-8-12)20-22(17)13-5-3-2-4-6-13/h2-6,11-12H,7-10H2,1H3,(H,18,24)/t11-/m1/s1. The van der Waals surface area contributed by atoms with Crippen LogP contribution in [0.1, 0.15) is 31.5 Å². The summed E-state index contributed by atoms with van der Waals surface area (Å²) in [6.07, 6.45) is 2.23. The Morgan fingerprint density at radius 3 is 2.72 bits per heavy atom. The van der Waals surface area contributed by atoms with E-state index in [1.807, 2.05) is 30.3 Å². The molecule has 1 N–H and O–H groups in total. The van der Waals surface area contributed by atoms with Crippen LogP contribution in [0.25, 0.3) is 5.69 Å². The van der Waals surface area contributed by atoms with Crippen LogP contribution in [-0.2, 0) is 4.79 Å². The first-order valence-corrected chi connectivity index (χ1v) is 9.29. The zero-order valence-corrected chi connectivity index (χ0v) is 14.7. The minimum absolute atomic E-state index is 0.199. The Hall–Kier alpha value is -2.35. The lowest BCUT2D eigenvalue weighted by molar-refractivity contribution is -0.126. The number of para-hydroxylation sites is 1. The highest BCUT2D eigenvalue weighted by atomic mass is 32.2. The first-order chi connectivity index (χ1) is 12.1. The number of carbonyl (C=O) groups excluding carboxylic acids is 2. The summed E-state index contributed by atoms with van der Waals surface area (Å²) in [4.78, 5) is 30.2. The first kappa shape index (κ1) is 16.1. The summed E-state index contributed by atoms with van der Waals surface area (Å²) in [7, 11) is 0. The maximum absolute atomic E-state index is 12.5. The van der Waals surface area contributed by atoms with Gasteiger partial charge < -0.3 is 5.32 Å². The number of amides is 3. The van der Waals surface area contributed by atoms with E-state index in [4.69, 9.17) is 0 Å². The monoisotopic (exact) mass is 357 g/mol. The number of carbonyl (C=O) groups is 2. The molecule has 25 heavy (non-hydrogen) atoms. The third-order valence-electron chi connectivity index (χ3n) is 4.29. The van der Waals surface area contributed by atoms with Gasteiger partial charge in [0.05, 0.1) is 10.9 Å². The van der Waals surface area contributed by atoms with E-state index < -0.39 is 5.25 Å². The predicted octanol–water partition coefficient (Wildman–Crippen LogP) is 2.18. The average Bonchev–Trinajstić information content (AvgIpc) is 3.26. The van der Waals surface area contributed by atoms with Crippen LogP contribution < -0.4 is 5.32 Å². The summed E-state index contributed by atoms with van der Waals surface area (Å²) < 4.78 is 1.80. The Morgan fingerprint density at radius 1 is 1.32 bits per heavy atom. The van der Waals surface area contributed by atoms with Gasteiger partial charge in [0.1, 0.15) is 0 Å². The van der Waals surface area contributed by atoms with Crippen molar-refractivity contribution >= 4 is 23.7 Å². The van der Waals surface area contributed by atoms with E-state index in [0.29, 0.717) is 24.2 Å². The molecule has 1 aromatic carbocycles. The van der Waals surface area contributed by atoms with Gasteiger partial charge in [0.25, 0.3) is 0 Å². The molecule has 8 heteroatoms. The van der Waals surface area contributed by atoms with E-state index >= 15 is 0 Å². The quantitative estimate of drug-likeness (QED) is 0.830. The van der Waals surface area contributed by atoms with E-state index in [1.165, 1.54) is 16.7 Å². The molecule has 1 aliphatic heterocycles. The molecule has 2 heterocycles. The summed E-state index contributed by atoms with van der Waals surface area (Å²) in [5, 5.41) is 7.58. The number of thioether (sulfide) groups is 1. The van der Waals surface area contributed by atoms with E-state index in [9.17, 15) is 9.59 Å². The number of rotatable bonds is 5. The molecule has 1 atom stereocenters. The van der Waals surface area contributed by atoms with Crippen molar-refractivity contribution in [2.75, 3.05) is 13.1 Å². The molecule has 0 bridgehead atoms. The Bertz CT molecular complexity index is 803. The minimum atomic E-state index is -0.414. The van der Waals surface area contributed by atoms with Crippen LogP contribution in [0.5, 0.6) is 0 Å². The number of nitrogens with zero attached hydrogens (tertiary/aromatic N) is 4. The van der Waals surface area contributed by atoms with Gasteiger partial charge in [-0.2, -0.15) is 0 Å². The smallest absolute Gasteiger partial charge is 0.324 e. The summed E-state index contributed by atoms with van der Waals surface area (Å²) in [6, 6.07) is 9.47. The van der Waals surface area contributed by atoms with Gasteiger partial charge in [0.15, 0.2) is 11.0 Å². The summed E-state index contributed by atoms with van der Waals surface area (Å²) in [6.45, 7) is 2.73. The van der Waals surface area contributed by atoms with Gasteiger partial charge in [-0.1, -0.05) is 30.0 Å². The Kier molecular flexibility index (Phi) is 4.20. The lowest BCUT2D eigenvalue weighted by Gasteiger charge is -2.17. The van der Waals surface area contributed by atoms with E-state index in [2.05, 4.69) is 15.4 Å². The number of nitrogens with one attached hydrogen (secondary N) is 1. The molecule has 7 nitrogen and oxygen atoms in total. The molecule has 0 unspecified atom stereocenters. The normalized spacial score (nSPS) is 18.3. The topological polar surface area (TPSA) is 80.1 Å². The number of imide groups is 1. The third-order valence-corrected chi connectivity index (χ3v) is 5.32. The highest BCUT2D eigenvalue weighted by molar-refractivity contribution is 8.00. The Morgan fingerprint density at radius 2 is 2.08 bits per heavy atom. The largest absolute Gasteiger partial charge is 0.336 e. The zero-order valence-electron chi connectivity index (χ0n) is 13.9. The van der Waals surface area contributed by atoms with E-state index in [-0.39, 0.29) is 11.9 Å². The van der Waals surface area contributed by atoms with Gasteiger partial charge >= 0.3 is 6.03 Å². The first-order valence-electron chi connectivity index (χ1n) is 8.41. The molecular formula is C17H19N5O2S. The van der Waals surface area contributed by atoms with Crippen LogP contribution in [0.2, 0.25) is 0 Å². The molecule has 3 amide bonds. The molecule has 0 radical (unpaired) electrons. The number of hydrogen-bond donors (Lipinski definition) is 1. The van der Waals surface area contributed by atoms with Crippen LogP contribution in [0, 0.1) is 0 Å². The van der Waals surface area contributed by atoms with Crippen molar-refractivity contribution in [1.82, 2.24) is 25.0 Å². The average molecular weight is 357 g/mol. The lowest BCUT2D eigenvalue weighted by atomic mass is 10.3. The Balaban J connectivity index is 1.58. The van der Waals surface area contributed by atoms with Crippen LogP contribution in [0.4, 0.5) is 4.79 Å². The molecule has 2 aromatic rings. The van der Waals surface area contributed by atoms with Crippen LogP contribution in [-0.4, -0.2) is 49.9 Å². The summed E-state index contributed by atoms with van der Waals surface area (Å²) >= 11 is 1.35. The number of benzene rings is 1. The fraction of sp³-hybridized carbons (Fsp3) is 0.412. The molecule has 1 saturated heterocycles. The predicted molar refractivity (Wildman–Crippen MR) is 93.8 cm³/mol. The van der Waals surface area contributed by atoms with Crippen molar-refractivity contribution in [2.45, 2.75) is 36.1 Å². The molecule has 4 rings (SSSR count). The van der Waals surface area contributed by atoms with E-state index in [1.54, 1.807) is 11.6 Å². The minimum Gasteiger partial charge on any atom is -0.336 e. The Labute approximate surface area is 149 Å². The molecular weight excluding hydrogens is 338 g/mol. The van der Waals surface area contributed by atoms with Crippen molar-refractivity contribution in [3.63, 3.8) is 0 Å². The van der Waals surface area contributed by atoms with Crippen molar-refractivity contribution in [3.05, 3.63) is 36.2 Å². The molecule has 1 aromatic heterocycles.